The van der Waals surface area contributed by atoms with Crippen LogP contribution in [0.1, 0.15) is 5.56 Å². The third-order valence-corrected chi connectivity index (χ3v) is 4.18. The molecule has 7 heteroatoms. The smallest absolute Gasteiger partial charge is 0.334 e. The van der Waals surface area contributed by atoms with Crippen LogP contribution < -0.4 is 5.56 Å². The van der Waals surface area contributed by atoms with Gasteiger partial charge in [-0.2, -0.15) is 0 Å². The van der Waals surface area contributed by atoms with Crippen LogP contribution in [0.3, 0.4) is 0 Å². The molecule has 0 aliphatic carbocycles. The Morgan fingerprint density at radius 3 is 2.75 bits per heavy atom. The minimum atomic E-state index is -0.641. The van der Waals surface area contributed by atoms with Gasteiger partial charge in [0.2, 0.25) is 0 Å². The summed E-state index contributed by atoms with van der Waals surface area (Å²) in [6, 6.07) is 12.9. The lowest BCUT2D eigenvalue weighted by atomic mass is 10.1. The monoisotopic (exact) mass is 329 g/mol. The molecule has 7 nitrogen and oxygen atoms in total. The number of ether oxygens (including phenoxy) is 1. The van der Waals surface area contributed by atoms with Crippen molar-refractivity contribution in [2.75, 3.05) is 19.8 Å². The Labute approximate surface area is 139 Å². The Kier molecular flexibility index (Phi) is 5.02. The van der Waals surface area contributed by atoms with Crippen LogP contribution >= 0.6 is 0 Å². The number of nitro groups is 1. The standard InChI is InChI=1S/C17H19N3O4/c21-17-16(20(22)23)7-4-8-19(17)12-15-13-24-10-9-18(15)11-14-5-2-1-3-6-14/h1-8,15H,9-13H2. The Hall–Kier alpha value is -2.51. The van der Waals surface area contributed by atoms with Gasteiger partial charge in [-0.1, -0.05) is 30.3 Å². The molecule has 1 aromatic heterocycles. The van der Waals surface area contributed by atoms with Gasteiger partial charge in [-0.05, 0) is 11.6 Å². The number of benzene rings is 1. The van der Waals surface area contributed by atoms with Crippen LogP contribution in [-0.2, 0) is 17.8 Å². The second-order valence-electron chi connectivity index (χ2n) is 5.79. The van der Waals surface area contributed by atoms with E-state index in [0.29, 0.717) is 19.8 Å². The van der Waals surface area contributed by atoms with Crippen molar-refractivity contribution < 1.29 is 9.66 Å². The van der Waals surface area contributed by atoms with Crippen LogP contribution in [0.15, 0.2) is 53.5 Å². The van der Waals surface area contributed by atoms with Crippen LogP contribution in [0.5, 0.6) is 0 Å². The summed E-state index contributed by atoms with van der Waals surface area (Å²) >= 11 is 0. The maximum absolute atomic E-state index is 12.2. The molecular weight excluding hydrogens is 310 g/mol. The van der Waals surface area contributed by atoms with Crippen LogP contribution in [0.25, 0.3) is 0 Å². The van der Waals surface area contributed by atoms with E-state index in [-0.39, 0.29) is 6.04 Å². The van der Waals surface area contributed by atoms with Crippen molar-refractivity contribution in [3.8, 4) is 0 Å². The molecule has 0 N–H and O–H groups in total. The van der Waals surface area contributed by atoms with E-state index in [2.05, 4.69) is 17.0 Å². The molecule has 0 spiro atoms. The topological polar surface area (TPSA) is 77.6 Å². The van der Waals surface area contributed by atoms with Crippen LogP contribution in [0, 0.1) is 10.1 Å². The van der Waals surface area contributed by atoms with Gasteiger partial charge in [-0.3, -0.25) is 19.8 Å². The highest BCUT2D eigenvalue weighted by Crippen LogP contribution is 2.14. The van der Waals surface area contributed by atoms with Gasteiger partial charge in [0.25, 0.3) is 0 Å². The van der Waals surface area contributed by atoms with Crippen molar-refractivity contribution in [1.82, 2.24) is 9.47 Å². The van der Waals surface area contributed by atoms with E-state index in [1.807, 2.05) is 18.2 Å². The molecule has 1 atom stereocenters. The number of rotatable bonds is 5. The third-order valence-electron chi connectivity index (χ3n) is 4.18. The van der Waals surface area contributed by atoms with Crippen molar-refractivity contribution in [3.63, 3.8) is 0 Å². The number of aromatic nitrogens is 1. The predicted octanol–water partition coefficient (Wildman–Crippen LogP) is 1.66. The van der Waals surface area contributed by atoms with Gasteiger partial charge in [0, 0.05) is 31.9 Å². The fourth-order valence-electron chi connectivity index (χ4n) is 2.92. The fourth-order valence-corrected chi connectivity index (χ4v) is 2.92. The molecule has 0 saturated carbocycles. The summed E-state index contributed by atoms with van der Waals surface area (Å²) < 4.78 is 6.95. The largest absolute Gasteiger partial charge is 0.378 e. The van der Waals surface area contributed by atoms with Crippen molar-refractivity contribution >= 4 is 5.69 Å². The molecule has 1 saturated heterocycles. The average Bonchev–Trinajstić information content (AvgIpc) is 2.59. The maximum Gasteiger partial charge on any atom is 0.334 e. The number of hydrogen-bond donors (Lipinski definition) is 0. The van der Waals surface area contributed by atoms with Crippen molar-refractivity contribution in [2.24, 2.45) is 0 Å². The number of pyridine rings is 1. The summed E-state index contributed by atoms with van der Waals surface area (Å²) in [4.78, 5) is 24.8. The van der Waals surface area contributed by atoms with Gasteiger partial charge in [-0.25, -0.2) is 0 Å². The maximum atomic E-state index is 12.2. The molecule has 1 aliphatic heterocycles. The first-order chi connectivity index (χ1) is 11.6. The van der Waals surface area contributed by atoms with Crippen LogP contribution in [0.2, 0.25) is 0 Å². The normalized spacial score (nSPS) is 18.4. The zero-order valence-electron chi connectivity index (χ0n) is 13.2. The Morgan fingerprint density at radius 1 is 1.21 bits per heavy atom. The van der Waals surface area contributed by atoms with Gasteiger partial charge in [0.05, 0.1) is 24.2 Å². The van der Waals surface area contributed by atoms with Gasteiger partial charge in [0.15, 0.2) is 0 Å². The zero-order chi connectivity index (χ0) is 16.9. The quantitative estimate of drug-likeness (QED) is 0.616. The van der Waals surface area contributed by atoms with Gasteiger partial charge < -0.3 is 9.30 Å². The van der Waals surface area contributed by atoms with E-state index in [1.54, 1.807) is 6.20 Å². The number of hydrogen-bond acceptors (Lipinski definition) is 5. The van der Waals surface area contributed by atoms with Crippen molar-refractivity contribution in [2.45, 2.75) is 19.1 Å². The fraction of sp³-hybridized carbons (Fsp3) is 0.353. The summed E-state index contributed by atoms with van der Waals surface area (Å²) in [6.07, 6.45) is 1.59. The highest BCUT2D eigenvalue weighted by atomic mass is 16.6. The first kappa shape index (κ1) is 16.4. The van der Waals surface area contributed by atoms with Crippen molar-refractivity contribution in [3.05, 3.63) is 74.7 Å². The lowest BCUT2D eigenvalue weighted by molar-refractivity contribution is -0.386. The van der Waals surface area contributed by atoms with E-state index < -0.39 is 16.2 Å². The highest BCUT2D eigenvalue weighted by molar-refractivity contribution is 5.25. The average molecular weight is 329 g/mol. The molecule has 1 aliphatic rings. The molecule has 1 fully saturated rings. The molecule has 24 heavy (non-hydrogen) atoms. The van der Waals surface area contributed by atoms with E-state index >= 15 is 0 Å². The molecule has 0 amide bonds. The number of morpholine rings is 1. The van der Waals surface area contributed by atoms with E-state index in [1.165, 1.54) is 22.3 Å². The summed E-state index contributed by atoms with van der Waals surface area (Å²) in [5.74, 6) is 0. The van der Waals surface area contributed by atoms with Gasteiger partial charge in [0.1, 0.15) is 0 Å². The first-order valence-corrected chi connectivity index (χ1v) is 7.84. The Bertz CT molecular complexity index is 760. The zero-order valence-corrected chi connectivity index (χ0v) is 13.2. The van der Waals surface area contributed by atoms with E-state index in [9.17, 15) is 14.9 Å². The van der Waals surface area contributed by atoms with Crippen molar-refractivity contribution in [1.29, 1.82) is 0 Å². The van der Waals surface area contributed by atoms with Crippen LogP contribution in [0.4, 0.5) is 5.69 Å². The highest BCUT2D eigenvalue weighted by Gasteiger charge is 2.25. The molecule has 1 unspecified atom stereocenters. The summed E-state index contributed by atoms with van der Waals surface area (Å²) in [7, 11) is 0. The second kappa shape index (κ2) is 7.37. The lowest BCUT2D eigenvalue weighted by Crippen LogP contribution is -2.48. The molecule has 3 rings (SSSR count). The molecule has 0 radical (unpaired) electrons. The molecule has 2 aromatic rings. The lowest BCUT2D eigenvalue weighted by Gasteiger charge is -2.35. The van der Waals surface area contributed by atoms with E-state index in [0.717, 1.165) is 13.1 Å². The van der Waals surface area contributed by atoms with E-state index in [4.69, 9.17) is 4.74 Å². The molecule has 2 heterocycles. The SMILES string of the molecule is O=c1c([N+](=O)[O-])cccn1CC1COCCN1Cc1ccccc1. The van der Waals surface area contributed by atoms with Gasteiger partial charge >= 0.3 is 11.2 Å². The first-order valence-electron chi connectivity index (χ1n) is 7.84. The van der Waals surface area contributed by atoms with Gasteiger partial charge in [-0.15, -0.1) is 0 Å². The van der Waals surface area contributed by atoms with Crippen LogP contribution in [-0.4, -0.2) is 40.2 Å². The second-order valence-corrected chi connectivity index (χ2v) is 5.79. The third kappa shape index (κ3) is 3.69. The minimum Gasteiger partial charge on any atom is -0.378 e. The predicted molar refractivity (Wildman–Crippen MR) is 88.8 cm³/mol. The molecule has 1 aromatic carbocycles. The Morgan fingerprint density at radius 2 is 2.00 bits per heavy atom. The molecular formula is C17H19N3O4. The Balaban J connectivity index is 1.78. The summed E-state index contributed by atoms with van der Waals surface area (Å²) in [6.45, 7) is 3.05. The molecule has 126 valence electrons. The number of nitrogens with zero attached hydrogens (tertiary/aromatic N) is 3. The molecule has 0 bridgehead atoms. The minimum absolute atomic E-state index is 0.00124. The summed E-state index contributed by atoms with van der Waals surface area (Å²) in [5.41, 5.74) is 0.215. The summed E-state index contributed by atoms with van der Waals surface area (Å²) in [5, 5.41) is 10.9.